The van der Waals surface area contributed by atoms with Crippen LogP contribution in [-0.4, -0.2) is 31.1 Å². The molecule has 0 unspecified atom stereocenters. The molecule has 0 aliphatic carbocycles. The Morgan fingerprint density at radius 1 is 1.20 bits per heavy atom. The summed E-state index contributed by atoms with van der Waals surface area (Å²) in [4.78, 5) is 12.4. The summed E-state index contributed by atoms with van der Waals surface area (Å²) in [7, 11) is 5.70. The molecule has 0 atom stereocenters. The molecule has 2 rings (SSSR count). The van der Waals surface area contributed by atoms with E-state index in [2.05, 4.69) is 9.97 Å². The van der Waals surface area contributed by atoms with Crippen molar-refractivity contribution in [3.05, 3.63) is 46.9 Å². The topological polar surface area (TPSA) is 32.3 Å². The predicted octanol–water partition coefficient (Wildman–Crippen LogP) is 2.97. The lowest BCUT2D eigenvalue weighted by Crippen LogP contribution is -2.20. The highest BCUT2D eigenvalue weighted by molar-refractivity contribution is 6.30. The van der Waals surface area contributed by atoms with Gasteiger partial charge in [-0.15, -0.1) is 0 Å². The van der Waals surface area contributed by atoms with E-state index in [0.717, 1.165) is 11.4 Å². The fourth-order valence-corrected chi connectivity index (χ4v) is 1.87. The van der Waals surface area contributed by atoms with Crippen LogP contribution >= 0.6 is 11.6 Å². The van der Waals surface area contributed by atoms with E-state index in [4.69, 9.17) is 11.6 Å². The van der Waals surface area contributed by atoms with Crippen LogP contribution in [0.4, 0.5) is 16.2 Å². The molecule has 1 aromatic carbocycles. The van der Waals surface area contributed by atoms with Gasteiger partial charge in [-0.1, -0.05) is 17.7 Å². The fourth-order valence-electron chi connectivity index (χ4n) is 1.75. The van der Waals surface area contributed by atoms with Gasteiger partial charge in [0.15, 0.2) is 0 Å². The number of hydrogen-bond acceptors (Lipinski definition) is 4. The average Bonchev–Trinajstić information content (AvgIpc) is 2.43. The zero-order chi connectivity index (χ0) is 14.7. The molecule has 0 saturated carbocycles. The molecule has 0 bridgehead atoms. The van der Waals surface area contributed by atoms with Crippen molar-refractivity contribution in [2.45, 2.75) is 6.54 Å². The highest BCUT2D eigenvalue weighted by atomic mass is 35.5. The molecule has 0 N–H and O–H groups in total. The third-order valence-electron chi connectivity index (χ3n) is 2.83. The number of halogens is 2. The number of anilines is 2. The van der Waals surface area contributed by atoms with Gasteiger partial charge in [0, 0.05) is 33.9 Å². The Hall–Kier alpha value is -1.88. The minimum atomic E-state index is -0.416. The Morgan fingerprint density at radius 2 is 1.95 bits per heavy atom. The average molecular weight is 295 g/mol. The fraction of sp³-hybridized carbons (Fsp3) is 0.286. The highest BCUT2D eigenvalue weighted by Gasteiger charge is 2.08. The van der Waals surface area contributed by atoms with E-state index in [1.807, 2.05) is 37.0 Å². The summed E-state index contributed by atoms with van der Waals surface area (Å²) in [6.07, 6.45) is 1.70. The van der Waals surface area contributed by atoms with Crippen molar-refractivity contribution in [1.82, 2.24) is 9.97 Å². The predicted molar refractivity (Wildman–Crippen MR) is 79.9 cm³/mol. The number of benzene rings is 1. The van der Waals surface area contributed by atoms with Crippen LogP contribution in [0.3, 0.4) is 0 Å². The van der Waals surface area contributed by atoms with Crippen LogP contribution in [0.25, 0.3) is 0 Å². The molecule has 20 heavy (non-hydrogen) atoms. The van der Waals surface area contributed by atoms with Crippen molar-refractivity contribution < 1.29 is 4.39 Å². The van der Waals surface area contributed by atoms with Crippen molar-refractivity contribution in [1.29, 1.82) is 0 Å². The number of rotatable bonds is 4. The molecule has 0 spiro atoms. The molecule has 0 amide bonds. The lowest BCUT2D eigenvalue weighted by Gasteiger charge is -2.19. The normalized spacial score (nSPS) is 10.4. The van der Waals surface area contributed by atoms with Gasteiger partial charge in [0.1, 0.15) is 11.6 Å². The van der Waals surface area contributed by atoms with Gasteiger partial charge in [-0.3, -0.25) is 0 Å². The van der Waals surface area contributed by atoms with E-state index in [1.165, 1.54) is 6.07 Å². The Labute approximate surface area is 122 Å². The molecule has 106 valence electrons. The van der Waals surface area contributed by atoms with Crippen LogP contribution < -0.4 is 9.80 Å². The Kier molecular flexibility index (Phi) is 4.39. The second-order valence-electron chi connectivity index (χ2n) is 4.71. The second-order valence-corrected chi connectivity index (χ2v) is 5.12. The largest absolute Gasteiger partial charge is 0.363 e. The third-order valence-corrected chi connectivity index (χ3v) is 3.14. The standard InChI is InChI=1S/C14H16ClFN4/c1-19(2)13-6-7-17-14(18-13)20(3)9-10-4-5-11(15)12(16)8-10/h4-8H,9H2,1-3H3. The van der Waals surface area contributed by atoms with Crippen LogP contribution in [0.2, 0.25) is 5.02 Å². The number of hydrogen-bond donors (Lipinski definition) is 0. The van der Waals surface area contributed by atoms with E-state index in [-0.39, 0.29) is 5.02 Å². The third kappa shape index (κ3) is 3.36. The zero-order valence-electron chi connectivity index (χ0n) is 11.6. The first-order valence-corrected chi connectivity index (χ1v) is 6.50. The van der Waals surface area contributed by atoms with E-state index >= 15 is 0 Å². The molecule has 0 fully saturated rings. The number of nitrogens with zero attached hydrogens (tertiary/aromatic N) is 4. The first-order chi connectivity index (χ1) is 9.47. The zero-order valence-corrected chi connectivity index (χ0v) is 12.4. The molecular formula is C14H16ClFN4. The molecule has 6 heteroatoms. The van der Waals surface area contributed by atoms with Crippen molar-refractivity contribution >= 4 is 23.4 Å². The van der Waals surface area contributed by atoms with Gasteiger partial charge in [0.2, 0.25) is 5.95 Å². The van der Waals surface area contributed by atoms with E-state index in [0.29, 0.717) is 12.5 Å². The van der Waals surface area contributed by atoms with Crippen LogP contribution in [0.1, 0.15) is 5.56 Å². The van der Waals surface area contributed by atoms with Gasteiger partial charge in [0.05, 0.1) is 5.02 Å². The minimum Gasteiger partial charge on any atom is -0.363 e. The lowest BCUT2D eigenvalue weighted by atomic mass is 10.2. The monoisotopic (exact) mass is 294 g/mol. The first kappa shape index (κ1) is 14.5. The summed E-state index contributed by atoms with van der Waals surface area (Å²) in [5.74, 6) is 0.997. The molecule has 1 aromatic heterocycles. The van der Waals surface area contributed by atoms with Gasteiger partial charge in [-0.05, 0) is 23.8 Å². The summed E-state index contributed by atoms with van der Waals surface area (Å²) >= 11 is 5.67. The molecule has 2 aromatic rings. The van der Waals surface area contributed by atoms with Crippen LogP contribution in [-0.2, 0) is 6.54 Å². The highest BCUT2D eigenvalue weighted by Crippen LogP contribution is 2.18. The second kappa shape index (κ2) is 6.05. The smallest absolute Gasteiger partial charge is 0.227 e. The number of aromatic nitrogens is 2. The molecule has 0 radical (unpaired) electrons. The summed E-state index contributed by atoms with van der Waals surface area (Å²) in [6.45, 7) is 0.505. The molecule has 4 nitrogen and oxygen atoms in total. The van der Waals surface area contributed by atoms with Gasteiger partial charge in [-0.25, -0.2) is 9.37 Å². The van der Waals surface area contributed by atoms with Crippen molar-refractivity contribution in [2.24, 2.45) is 0 Å². The van der Waals surface area contributed by atoms with Gasteiger partial charge in [0.25, 0.3) is 0 Å². The van der Waals surface area contributed by atoms with Gasteiger partial charge >= 0.3 is 0 Å². The molecular weight excluding hydrogens is 279 g/mol. The SMILES string of the molecule is CN(C)c1ccnc(N(C)Cc2ccc(Cl)c(F)c2)n1. The summed E-state index contributed by atoms with van der Waals surface area (Å²) < 4.78 is 13.4. The lowest BCUT2D eigenvalue weighted by molar-refractivity contribution is 0.625. The van der Waals surface area contributed by atoms with E-state index < -0.39 is 5.82 Å². The molecule has 0 saturated heterocycles. The summed E-state index contributed by atoms with van der Waals surface area (Å²) in [5.41, 5.74) is 0.813. The van der Waals surface area contributed by atoms with Crippen LogP contribution in [0.15, 0.2) is 30.5 Å². The maximum atomic E-state index is 13.4. The van der Waals surface area contributed by atoms with Crippen molar-refractivity contribution in [3.8, 4) is 0 Å². The molecule has 0 aliphatic heterocycles. The van der Waals surface area contributed by atoms with Gasteiger partial charge in [-0.2, -0.15) is 4.98 Å². The van der Waals surface area contributed by atoms with E-state index in [9.17, 15) is 4.39 Å². The van der Waals surface area contributed by atoms with Crippen LogP contribution in [0, 0.1) is 5.82 Å². The maximum absolute atomic E-state index is 13.4. The summed E-state index contributed by atoms with van der Waals surface area (Å²) in [6, 6.07) is 6.60. The Balaban J connectivity index is 2.17. The van der Waals surface area contributed by atoms with Crippen LogP contribution in [0.5, 0.6) is 0 Å². The summed E-state index contributed by atoms with van der Waals surface area (Å²) in [5, 5.41) is 0.127. The molecule has 1 heterocycles. The van der Waals surface area contributed by atoms with Crippen molar-refractivity contribution in [3.63, 3.8) is 0 Å². The maximum Gasteiger partial charge on any atom is 0.227 e. The first-order valence-electron chi connectivity index (χ1n) is 6.13. The minimum absolute atomic E-state index is 0.127. The Morgan fingerprint density at radius 3 is 2.60 bits per heavy atom. The Bertz CT molecular complexity index is 603. The van der Waals surface area contributed by atoms with Gasteiger partial charge < -0.3 is 9.80 Å². The van der Waals surface area contributed by atoms with Crippen molar-refractivity contribution in [2.75, 3.05) is 30.9 Å². The quantitative estimate of drug-likeness (QED) is 0.868. The molecule has 0 aliphatic rings. The van der Waals surface area contributed by atoms with E-state index in [1.54, 1.807) is 18.3 Å².